The Morgan fingerprint density at radius 3 is 2.57 bits per heavy atom. The summed E-state index contributed by atoms with van der Waals surface area (Å²) in [5.41, 5.74) is 0. The fourth-order valence-electron chi connectivity index (χ4n) is 1.21. The Kier molecular flexibility index (Phi) is 3.71. The number of ether oxygens (including phenoxy) is 3. The van der Waals surface area contributed by atoms with E-state index in [4.69, 9.17) is 14.6 Å². The van der Waals surface area contributed by atoms with Crippen LogP contribution in [0.4, 0.5) is 4.79 Å². The topological polar surface area (TPSA) is 65.0 Å². The van der Waals surface area contributed by atoms with Gasteiger partial charge in [-0.05, 0) is 20.3 Å². The van der Waals surface area contributed by atoms with E-state index < -0.39 is 11.9 Å². The van der Waals surface area contributed by atoms with Crippen LogP contribution in [0.25, 0.3) is 0 Å². The van der Waals surface area contributed by atoms with Crippen molar-refractivity contribution in [2.75, 3.05) is 19.8 Å². The third kappa shape index (κ3) is 3.93. The van der Waals surface area contributed by atoms with Crippen LogP contribution >= 0.6 is 0 Å². The molecular weight excluding hydrogens is 188 g/mol. The quantitative estimate of drug-likeness (QED) is 0.705. The van der Waals surface area contributed by atoms with Gasteiger partial charge < -0.3 is 19.3 Å². The fraction of sp³-hybridized carbons (Fsp3) is 0.889. The van der Waals surface area contributed by atoms with E-state index in [0.29, 0.717) is 19.6 Å². The van der Waals surface area contributed by atoms with Crippen molar-refractivity contribution in [3.8, 4) is 0 Å². The highest BCUT2D eigenvalue weighted by Crippen LogP contribution is 2.22. The van der Waals surface area contributed by atoms with E-state index in [1.54, 1.807) is 0 Å². The molecule has 14 heavy (non-hydrogen) atoms. The minimum atomic E-state index is -1.23. The number of carbonyl (C=O) groups is 1. The predicted molar refractivity (Wildman–Crippen MR) is 48.1 cm³/mol. The molecular formula is C9H16O5. The molecule has 1 N–H and O–H groups in total. The van der Waals surface area contributed by atoms with Gasteiger partial charge in [-0.2, -0.15) is 0 Å². The van der Waals surface area contributed by atoms with Gasteiger partial charge in [-0.1, -0.05) is 0 Å². The third-order valence-electron chi connectivity index (χ3n) is 2.08. The van der Waals surface area contributed by atoms with E-state index in [2.05, 4.69) is 4.74 Å². The highest BCUT2D eigenvalue weighted by molar-refractivity contribution is 5.56. The standard InChI is InChI=1S/C9H16O5/c1-9(2)13-5-7(6-14-9)3-4-12-8(10)11/h7H,3-6H2,1-2H3,(H,10,11). The van der Waals surface area contributed by atoms with Crippen LogP contribution in [-0.2, 0) is 14.2 Å². The number of hydrogen-bond acceptors (Lipinski definition) is 4. The molecule has 5 nitrogen and oxygen atoms in total. The maximum absolute atomic E-state index is 10.1. The summed E-state index contributed by atoms with van der Waals surface area (Å²) in [5, 5.41) is 8.24. The zero-order valence-corrected chi connectivity index (χ0v) is 8.49. The first-order valence-corrected chi connectivity index (χ1v) is 4.63. The van der Waals surface area contributed by atoms with Crippen LogP contribution in [0.1, 0.15) is 20.3 Å². The van der Waals surface area contributed by atoms with Gasteiger partial charge in [-0.3, -0.25) is 0 Å². The molecule has 0 aliphatic carbocycles. The van der Waals surface area contributed by atoms with Crippen LogP contribution in [0.15, 0.2) is 0 Å². The van der Waals surface area contributed by atoms with Crippen LogP contribution in [0.2, 0.25) is 0 Å². The lowest BCUT2D eigenvalue weighted by atomic mass is 10.1. The normalized spacial score (nSPS) is 21.9. The molecule has 0 saturated carbocycles. The Balaban J connectivity index is 2.13. The van der Waals surface area contributed by atoms with Crippen LogP contribution in [-0.4, -0.2) is 36.9 Å². The average Bonchev–Trinajstić information content (AvgIpc) is 2.07. The van der Waals surface area contributed by atoms with E-state index in [-0.39, 0.29) is 12.5 Å². The molecule has 0 aromatic rings. The van der Waals surface area contributed by atoms with Crippen LogP contribution in [0, 0.1) is 5.92 Å². The molecule has 0 aromatic heterocycles. The van der Waals surface area contributed by atoms with E-state index >= 15 is 0 Å². The van der Waals surface area contributed by atoms with Gasteiger partial charge in [0, 0.05) is 5.92 Å². The zero-order chi connectivity index (χ0) is 10.6. The van der Waals surface area contributed by atoms with Crippen LogP contribution in [0.5, 0.6) is 0 Å². The molecule has 1 rings (SSSR count). The van der Waals surface area contributed by atoms with Crippen molar-refractivity contribution in [2.24, 2.45) is 5.92 Å². The monoisotopic (exact) mass is 204 g/mol. The molecule has 0 aromatic carbocycles. The van der Waals surface area contributed by atoms with Gasteiger partial charge >= 0.3 is 6.16 Å². The molecule has 0 atom stereocenters. The highest BCUT2D eigenvalue weighted by Gasteiger charge is 2.28. The van der Waals surface area contributed by atoms with Gasteiger partial charge in [-0.15, -0.1) is 0 Å². The lowest BCUT2D eigenvalue weighted by molar-refractivity contribution is -0.263. The number of carboxylic acid groups (broad SMARTS) is 1. The first kappa shape index (κ1) is 11.3. The molecule has 0 amide bonds. The Morgan fingerprint density at radius 2 is 2.07 bits per heavy atom. The van der Waals surface area contributed by atoms with E-state index in [9.17, 15) is 4.79 Å². The molecule has 1 aliphatic heterocycles. The minimum Gasteiger partial charge on any atom is -0.450 e. The SMILES string of the molecule is CC1(C)OCC(CCOC(=O)O)CO1. The fourth-order valence-corrected chi connectivity index (χ4v) is 1.21. The summed E-state index contributed by atoms with van der Waals surface area (Å²) in [4.78, 5) is 10.1. The molecule has 0 unspecified atom stereocenters. The second-order valence-electron chi connectivity index (χ2n) is 3.79. The Morgan fingerprint density at radius 1 is 1.50 bits per heavy atom. The van der Waals surface area contributed by atoms with E-state index in [0.717, 1.165) is 0 Å². The Hall–Kier alpha value is -0.810. The lowest BCUT2D eigenvalue weighted by Gasteiger charge is -2.34. The van der Waals surface area contributed by atoms with Gasteiger partial charge in [-0.25, -0.2) is 4.79 Å². The van der Waals surface area contributed by atoms with Crippen molar-refractivity contribution in [3.63, 3.8) is 0 Å². The molecule has 5 heteroatoms. The Labute approximate surface area is 82.9 Å². The Bertz CT molecular complexity index is 191. The molecule has 0 radical (unpaired) electrons. The molecule has 1 fully saturated rings. The zero-order valence-electron chi connectivity index (χ0n) is 8.49. The summed E-state index contributed by atoms with van der Waals surface area (Å²) >= 11 is 0. The van der Waals surface area contributed by atoms with Crippen molar-refractivity contribution in [3.05, 3.63) is 0 Å². The largest absolute Gasteiger partial charge is 0.505 e. The summed E-state index contributed by atoms with van der Waals surface area (Å²) in [6, 6.07) is 0. The van der Waals surface area contributed by atoms with Crippen molar-refractivity contribution in [2.45, 2.75) is 26.1 Å². The van der Waals surface area contributed by atoms with Crippen molar-refractivity contribution < 1.29 is 24.1 Å². The van der Waals surface area contributed by atoms with Crippen LogP contribution < -0.4 is 0 Å². The minimum absolute atomic E-state index is 0.202. The van der Waals surface area contributed by atoms with Crippen molar-refractivity contribution in [1.29, 1.82) is 0 Å². The molecule has 0 bridgehead atoms. The van der Waals surface area contributed by atoms with Gasteiger partial charge in [0.1, 0.15) is 0 Å². The molecule has 1 heterocycles. The first-order chi connectivity index (χ1) is 6.49. The second kappa shape index (κ2) is 4.61. The third-order valence-corrected chi connectivity index (χ3v) is 2.08. The first-order valence-electron chi connectivity index (χ1n) is 4.63. The number of hydrogen-bond donors (Lipinski definition) is 1. The van der Waals surface area contributed by atoms with Gasteiger partial charge in [0.25, 0.3) is 0 Å². The maximum atomic E-state index is 10.1. The summed E-state index contributed by atoms with van der Waals surface area (Å²) < 4.78 is 15.2. The predicted octanol–water partition coefficient (Wildman–Crippen LogP) is 1.47. The molecule has 0 spiro atoms. The molecule has 82 valence electrons. The second-order valence-corrected chi connectivity index (χ2v) is 3.79. The summed E-state index contributed by atoms with van der Waals surface area (Å²) in [5.74, 6) is -0.285. The van der Waals surface area contributed by atoms with E-state index in [1.165, 1.54) is 0 Å². The summed E-state index contributed by atoms with van der Waals surface area (Å²) in [6.45, 7) is 5.10. The molecule has 1 aliphatic rings. The van der Waals surface area contributed by atoms with Crippen molar-refractivity contribution in [1.82, 2.24) is 0 Å². The van der Waals surface area contributed by atoms with Crippen LogP contribution in [0.3, 0.4) is 0 Å². The van der Waals surface area contributed by atoms with E-state index in [1.807, 2.05) is 13.8 Å². The van der Waals surface area contributed by atoms with Gasteiger partial charge in [0.2, 0.25) is 0 Å². The van der Waals surface area contributed by atoms with Gasteiger partial charge in [0.15, 0.2) is 5.79 Å². The lowest BCUT2D eigenvalue weighted by Crippen LogP contribution is -2.39. The molecule has 1 saturated heterocycles. The summed E-state index contributed by atoms with van der Waals surface area (Å²) in [6.07, 6.45) is -0.592. The highest BCUT2D eigenvalue weighted by atomic mass is 16.7. The maximum Gasteiger partial charge on any atom is 0.505 e. The summed E-state index contributed by atoms with van der Waals surface area (Å²) in [7, 11) is 0. The average molecular weight is 204 g/mol. The van der Waals surface area contributed by atoms with Gasteiger partial charge in [0.05, 0.1) is 19.8 Å². The number of rotatable bonds is 3. The smallest absolute Gasteiger partial charge is 0.450 e. The van der Waals surface area contributed by atoms with Crippen molar-refractivity contribution >= 4 is 6.16 Å².